The molecule has 0 unspecified atom stereocenters. The summed E-state index contributed by atoms with van der Waals surface area (Å²) in [4.78, 5) is 22.1. The minimum Gasteiger partial charge on any atom is -0.496 e. The quantitative estimate of drug-likeness (QED) is 0.408. The van der Waals surface area contributed by atoms with Crippen molar-refractivity contribution in [3.8, 4) is 5.75 Å². The summed E-state index contributed by atoms with van der Waals surface area (Å²) in [6.45, 7) is 1.20. The van der Waals surface area contributed by atoms with Gasteiger partial charge in [0.2, 0.25) is 0 Å². The molecule has 154 valence electrons. The summed E-state index contributed by atoms with van der Waals surface area (Å²) in [6.07, 6.45) is 0. The van der Waals surface area contributed by atoms with Crippen molar-refractivity contribution >= 4 is 55.0 Å². The fourth-order valence-corrected chi connectivity index (χ4v) is 4.59. The van der Waals surface area contributed by atoms with Crippen molar-refractivity contribution in [2.45, 2.75) is 0 Å². The summed E-state index contributed by atoms with van der Waals surface area (Å²) < 4.78 is 6.52. The molecule has 1 aromatic heterocycles. The number of rotatable bonds is 6. The number of methoxy groups -OCH3 is 1. The predicted molar refractivity (Wildman–Crippen MR) is 125 cm³/mol. The van der Waals surface area contributed by atoms with Crippen molar-refractivity contribution in [2.24, 2.45) is 0 Å². The molecule has 0 saturated heterocycles. The van der Waals surface area contributed by atoms with E-state index in [1.54, 1.807) is 12.0 Å². The lowest BCUT2D eigenvalue weighted by Gasteiger charge is -2.23. The van der Waals surface area contributed by atoms with Crippen molar-refractivity contribution in [3.63, 3.8) is 0 Å². The smallest absolute Gasteiger partial charge is 0.263 e. The first-order chi connectivity index (χ1) is 14.5. The fraction of sp³-hybridized carbons (Fsp3) is 0.217. The predicted octanol–water partition coefficient (Wildman–Crippen LogP) is 5.32. The molecule has 0 N–H and O–H groups in total. The van der Waals surface area contributed by atoms with Crippen molar-refractivity contribution < 1.29 is 9.53 Å². The van der Waals surface area contributed by atoms with Crippen molar-refractivity contribution in [2.75, 3.05) is 39.2 Å². The highest BCUT2D eigenvalue weighted by Gasteiger charge is 2.25. The van der Waals surface area contributed by atoms with Gasteiger partial charge in [0, 0.05) is 13.1 Å². The Bertz CT molecular complexity index is 1220. The Labute approximate surface area is 184 Å². The Hall–Kier alpha value is -2.67. The summed E-state index contributed by atoms with van der Waals surface area (Å²) in [6, 6.07) is 17.4. The van der Waals surface area contributed by atoms with Crippen LogP contribution in [0.4, 0.5) is 5.13 Å². The number of fused-ring (bicyclic) bond motifs is 2. The maximum absolute atomic E-state index is 13.7. The Balaban J connectivity index is 1.81. The second-order valence-electron chi connectivity index (χ2n) is 7.24. The van der Waals surface area contributed by atoms with Crippen LogP contribution in [0, 0.1) is 0 Å². The minimum absolute atomic E-state index is 0.144. The van der Waals surface area contributed by atoms with Gasteiger partial charge in [-0.05, 0) is 49.1 Å². The van der Waals surface area contributed by atoms with E-state index in [0.717, 1.165) is 15.5 Å². The van der Waals surface area contributed by atoms with Crippen LogP contribution >= 0.6 is 22.9 Å². The molecule has 0 radical (unpaired) electrons. The summed E-state index contributed by atoms with van der Waals surface area (Å²) >= 11 is 7.79. The number of aromatic nitrogens is 1. The number of anilines is 1. The summed E-state index contributed by atoms with van der Waals surface area (Å²) in [7, 11) is 5.55. The van der Waals surface area contributed by atoms with Gasteiger partial charge in [-0.1, -0.05) is 53.3 Å². The van der Waals surface area contributed by atoms with Crippen molar-refractivity contribution in [1.82, 2.24) is 9.88 Å². The third-order valence-corrected chi connectivity index (χ3v) is 6.25. The van der Waals surface area contributed by atoms with Crippen LogP contribution in [0.15, 0.2) is 54.6 Å². The Morgan fingerprint density at radius 3 is 2.47 bits per heavy atom. The van der Waals surface area contributed by atoms with Gasteiger partial charge in [-0.25, -0.2) is 4.98 Å². The number of likely N-dealkylation sites (N-methyl/N-ethyl adjacent to an activating group) is 1. The van der Waals surface area contributed by atoms with E-state index in [1.807, 2.05) is 73.6 Å². The fourth-order valence-electron chi connectivity index (χ4n) is 3.30. The standard InChI is InChI=1S/C23H22ClN3O2S/c1-26(2)11-12-27(23-25-21-18(24)9-6-10-20(21)30-23)22(28)17-13-15-7-4-5-8-16(15)14-19(17)29-3/h4-10,13-14H,11-12H2,1-3H3. The molecule has 30 heavy (non-hydrogen) atoms. The number of ether oxygens (including phenoxy) is 1. The van der Waals surface area contributed by atoms with Crippen molar-refractivity contribution in [3.05, 3.63) is 65.2 Å². The summed E-state index contributed by atoms with van der Waals surface area (Å²) in [5.41, 5.74) is 1.23. The van der Waals surface area contributed by atoms with E-state index in [0.29, 0.717) is 40.1 Å². The number of benzene rings is 3. The Morgan fingerprint density at radius 1 is 1.07 bits per heavy atom. The molecule has 5 nitrogen and oxygen atoms in total. The van der Waals surface area contributed by atoms with Gasteiger partial charge in [-0.2, -0.15) is 0 Å². The molecular weight excluding hydrogens is 418 g/mol. The van der Waals surface area contributed by atoms with Gasteiger partial charge in [0.15, 0.2) is 5.13 Å². The maximum Gasteiger partial charge on any atom is 0.263 e. The lowest BCUT2D eigenvalue weighted by Crippen LogP contribution is -2.37. The number of hydrogen-bond acceptors (Lipinski definition) is 5. The largest absolute Gasteiger partial charge is 0.496 e. The Kier molecular flexibility index (Phi) is 5.90. The average Bonchev–Trinajstić information content (AvgIpc) is 3.18. The van der Waals surface area contributed by atoms with Crippen LogP contribution in [-0.2, 0) is 0 Å². The van der Waals surface area contributed by atoms with E-state index in [-0.39, 0.29) is 5.91 Å². The first-order valence-corrected chi connectivity index (χ1v) is 10.8. The number of hydrogen-bond donors (Lipinski definition) is 0. The van der Waals surface area contributed by atoms with Crippen LogP contribution in [0.25, 0.3) is 21.0 Å². The van der Waals surface area contributed by atoms with Crippen LogP contribution < -0.4 is 9.64 Å². The molecule has 0 bridgehead atoms. The van der Waals surface area contributed by atoms with Gasteiger partial charge in [0.1, 0.15) is 11.3 Å². The van der Waals surface area contributed by atoms with Crippen LogP contribution in [0.3, 0.4) is 0 Å². The van der Waals surface area contributed by atoms with E-state index in [2.05, 4.69) is 4.98 Å². The molecule has 0 atom stereocenters. The van der Waals surface area contributed by atoms with Gasteiger partial charge in [0.05, 0.1) is 22.4 Å². The zero-order chi connectivity index (χ0) is 21.3. The van der Waals surface area contributed by atoms with Crippen LogP contribution in [0.2, 0.25) is 5.02 Å². The number of nitrogens with zero attached hydrogens (tertiary/aromatic N) is 3. The maximum atomic E-state index is 13.7. The van der Waals surface area contributed by atoms with E-state index in [4.69, 9.17) is 16.3 Å². The molecule has 0 aliphatic rings. The minimum atomic E-state index is -0.144. The molecule has 7 heteroatoms. The molecule has 4 rings (SSSR count). The SMILES string of the molecule is COc1cc2ccccc2cc1C(=O)N(CCN(C)C)c1nc2c(Cl)cccc2s1. The van der Waals surface area contributed by atoms with Gasteiger partial charge in [-0.3, -0.25) is 9.69 Å². The molecule has 3 aromatic carbocycles. The van der Waals surface area contributed by atoms with Crippen LogP contribution in [0.5, 0.6) is 5.75 Å². The second kappa shape index (κ2) is 8.60. The van der Waals surface area contributed by atoms with E-state index in [1.165, 1.54) is 11.3 Å². The monoisotopic (exact) mass is 439 g/mol. The average molecular weight is 440 g/mol. The molecule has 1 amide bonds. The number of carbonyl (C=O) groups is 1. The van der Waals surface area contributed by atoms with Gasteiger partial charge < -0.3 is 9.64 Å². The van der Waals surface area contributed by atoms with E-state index in [9.17, 15) is 4.79 Å². The third kappa shape index (κ3) is 3.99. The number of thiazole rings is 1. The molecule has 0 aliphatic carbocycles. The molecule has 1 heterocycles. The van der Waals surface area contributed by atoms with E-state index >= 15 is 0 Å². The highest BCUT2D eigenvalue weighted by atomic mass is 35.5. The number of amides is 1. The second-order valence-corrected chi connectivity index (χ2v) is 8.66. The molecule has 0 aliphatic heterocycles. The molecular formula is C23H22ClN3O2S. The normalized spacial score (nSPS) is 11.4. The lowest BCUT2D eigenvalue weighted by atomic mass is 10.0. The molecule has 0 saturated carbocycles. The zero-order valence-electron chi connectivity index (χ0n) is 17.1. The molecule has 0 fully saturated rings. The first-order valence-electron chi connectivity index (χ1n) is 9.56. The first kappa shape index (κ1) is 20.6. The van der Waals surface area contributed by atoms with Crippen molar-refractivity contribution in [1.29, 1.82) is 0 Å². The van der Waals surface area contributed by atoms with Crippen LogP contribution in [0.1, 0.15) is 10.4 Å². The topological polar surface area (TPSA) is 45.7 Å². The number of carbonyl (C=O) groups excluding carboxylic acids is 1. The van der Waals surface area contributed by atoms with Gasteiger partial charge in [-0.15, -0.1) is 0 Å². The summed E-state index contributed by atoms with van der Waals surface area (Å²) in [5, 5.41) is 3.22. The van der Waals surface area contributed by atoms with E-state index < -0.39 is 0 Å². The Morgan fingerprint density at radius 2 is 1.80 bits per heavy atom. The highest BCUT2D eigenvalue weighted by Crippen LogP contribution is 2.35. The zero-order valence-corrected chi connectivity index (χ0v) is 18.6. The highest BCUT2D eigenvalue weighted by molar-refractivity contribution is 7.22. The number of para-hydroxylation sites is 1. The van der Waals surface area contributed by atoms with Crippen LogP contribution in [-0.4, -0.2) is 50.1 Å². The third-order valence-electron chi connectivity index (χ3n) is 4.90. The number of halogens is 1. The molecule has 4 aromatic rings. The lowest BCUT2D eigenvalue weighted by molar-refractivity contribution is 0.0982. The van der Waals surface area contributed by atoms with Gasteiger partial charge >= 0.3 is 0 Å². The summed E-state index contributed by atoms with van der Waals surface area (Å²) in [5.74, 6) is 0.405. The molecule has 0 spiro atoms. The van der Waals surface area contributed by atoms with Gasteiger partial charge in [0.25, 0.3) is 5.91 Å².